The van der Waals surface area contributed by atoms with Gasteiger partial charge < -0.3 is 9.47 Å². The largest absolute Gasteiger partial charge is 0.497 e. The molecular formula is C15H14N2O2S2. The third kappa shape index (κ3) is 3.46. The summed E-state index contributed by atoms with van der Waals surface area (Å²) in [6, 6.07) is 9.66. The highest BCUT2D eigenvalue weighted by Crippen LogP contribution is 2.27. The Balaban J connectivity index is 1.53. The van der Waals surface area contributed by atoms with E-state index in [1.54, 1.807) is 36.5 Å². The monoisotopic (exact) mass is 318 g/mol. The van der Waals surface area contributed by atoms with E-state index in [0.29, 0.717) is 6.61 Å². The number of ether oxygens (including phenoxy) is 2. The van der Waals surface area contributed by atoms with E-state index in [2.05, 4.69) is 16.0 Å². The lowest BCUT2D eigenvalue weighted by molar-refractivity contribution is 0.342. The summed E-state index contributed by atoms with van der Waals surface area (Å²) in [5.74, 6) is 2.52. The normalized spacial score (nSPS) is 10.7. The minimum absolute atomic E-state index is 0.632. The van der Waals surface area contributed by atoms with Gasteiger partial charge in [-0.15, -0.1) is 23.1 Å². The van der Waals surface area contributed by atoms with Crippen molar-refractivity contribution in [2.75, 3.05) is 19.5 Å². The first-order chi connectivity index (χ1) is 10.4. The van der Waals surface area contributed by atoms with Crippen LogP contribution in [0.2, 0.25) is 0 Å². The van der Waals surface area contributed by atoms with Gasteiger partial charge in [0.05, 0.1) is 13.7 Å². The summed E-state index contributed by atoms with van der Waals surface area (Å²) < 4.78 is 10.8. The van der Waals surface area contributed by atoms with Gasteiger partial charge in [-0.05, 0) is 35.7 Å². The topological polar surface area (TPSA) is 44.2 Å². The van der Waals surface area contributed by atoms with Crippen molar-refractivity contribution in [3.05, 3.63) is 42.0 Å². The predicted molar refractivity (Wildman–Crippen MR) is 86.6 cm³/mol. The third-order valence-electron chi connectivity index (χ3n) is 2.88. The Kier molecular flexibility index (Phi) is 4.57. The maximum absolute atomic E-state index is 5.70. The Morgan fingerprint density at radius 3 is 2.71 bits per heavy atom. The molecule has 0 N–H and O–H groups in total. The molecule has 2 heterocycles. The molecule has 21 heavy (non-hydrogen) atoms. The summed E-state index contributed by atoms with van der Waals surface area (Å²) >= 11 is 3.32. The number of fused-ring (bicyclic) bond motifs is 1. The summed E-state index contributed by atoms with van der Waals surface area (Å²) in [4.78, 5) is 9.61. The minimum atomic E-state index is 0.632. The summed E-state index contributed by atoms with van der Waals surface area (Å²) in [7, 11) is 1.65. The molecule has 0 bridgehead atoms. The quantitative estimate of drug-likeness (QED) is 0.392. The van der Waals surface area contributed by atoms with Crippen LogP contribution in [0.15, 0.2) is 47.1 Å². The summed E-state index contributed by atoms with van der Waals surface area (Å²) in [6.07, 6.45) is 1.62. The molecule has 6 heteroatoms. The fourth-order valence-electron chi connectivity index (χ4n) is 1.85. The van der Waals surface area contributed by atoms with Crippen LogP contribution in [0, 0.1) is 0 Å². The number of benzene rings is 1. The number of methoxy groups -OCH3 is 1. The van der Waals surface area contributed by atoms with Crippen LogP contribution in [0.1, 0.15) is 0 Å². The van der Waals surface area contributed by atoms with Crippen LogP contribution in [0.25, 0.3) is 10.2 Å². The number of rotatable bonds is 6. The van der Waals surface area contributed by atoms with Gasteiger partial charge in [-0.2, -0.15) is 0 Å². The van der Waals surface area contributed by atoms with Crippen LogP contribution in [0.4, 0.5) is 0 Å². The Bertz CT molecular complexity index is 713. The molecule has 4 nitrogen and oxygen atoms in total. The molecule has 0 aliphatic carbocycles. The maximum atomic E-state index is 5.70. The zero-order valence-electron chi connectivity index (χ0n) is 11.5. The van der Waals surface area contributed by atoms with E-state index in [1.807, 2.05) is 29.6 Å². The lowest BCUT2D eigenvalue weighted by Gasteiger charge is -2.07. The average Bonchev–Trinajstić information content (AvgIpc) is 3.01. The van der Waals surface area contributed by atoms with Gasteiger partial charge in [0.1, 0.15) is 27.7 Å². The summed E-state index contributed by atoms with van der Waals surface area (Å²) in [5.41, 5.74) is 0. The molecule has 2 aromatic heterocycles. The van der Waals surface area contributed by atoms with Crippen LogP contribution in [-0.2, 0) is 0 Å². The van der Waals surface area contributed by atoms with Gasteiger partial charge in [-0.25, -0.2) is 9.97 Å². The first-order valence-electron chi connectivity index (χ1n) is 6.44. The van der Waals surface area contributed by atoms with Crippen molar-refractivity contribution in [1.29, 1.82) is 0 Å². The molecule has 108 valence electrons. The Labute approximate surface area is 131 Å². The van der Waals surface area contributed by atoms with Crippen LogP contribution in [-0.4, -0.2) is 29.4 Å². The second-order valence-corrected chi connectivity index (χ2v) is 6.17. The maximum Gasteiger partial charge on any atom is 0.127 e. The van der Waals surface area contributed by atoms with Crippen LogP contribution in [0.5, 0.6) is 11.5 Å². The van der Waals surface area contributed by atoms with Crippen LogP contribution in [0.3, 0.4) is 0 Å². The van der Waals surface area contributed by atoms with Crippen molar-refractivity contribution < 1.29 is 9.47 Å². The van der Waals surface area contributed by atoms with Crippen LogP contribution >= 0.6 is 23.1 Å². The van der Waals surface area contributed by atoms with E-state index < -0.39 is 0 Å². The van der Waals surface area contributed by atoms with Crippen molar-refractivity contribution in [2.24, 2.45) is 0 Å². The number of hydrogen-bond acceptors (Lipinski definition) is 6. The lowest BCUT2D eigenvalue weighted by atomic mass is 10.3. The molecule has 0 saturated heterocycles. The van der Waals surface area contributed by atoms with E-state index in [1.165, 1.54) is 0 Å². The molecule has 0 aliphatic rings. The smallest absolute Gasteiger partial charge is 0.127 e. The van der Waals surface area contributed by atoms with Crippen molar-refractivity contribution in [2.45, 2.75) is 5.03 Å². The molecule has 1 aromatic carbocycles. The van der Waals surface area contributed by atoms with E-state index in [9.17, 15) is 0 Å². The molecule has 0 saturated carbocycles. The highest BCUT2D eigenvalue weighted by Gasteiger charge is 2.05. The molecule has 0 fully saturated rings. The SMILES string of the molecule is COc1ccc(OCCSc2ncnc3sccc23)cc1. The molecule has 0 unspecified atom stereocenters. The van der Waals surface area contributed by atoms with Gasteiger partial charge in [0.2, 0.25) is 0 Å². The second kappa shape index (κ2) is 6.78. The van der Waals surface area contributed by atoms with E-state index in [4.69, 9.17) is 9.47 Å². The van der Waals surface area contributed by atoms with Gasteiger partial charge in [0, 0.05) is 11.1 Å². The van der Waals surface area contributed by atoms with Gasteiger partial charge in [0.25, 0.3) is 0 Å². The molecule has 0 radical (unpaired) electrons. The van der Waals surface area contributed by atoms with E-state index in [-0.39, 0.29) is 0 Å². The Morgan fingerprint density at radius 2 is 1.90 bits per heavy atom. The number of thioether (sulfide) groups is 1. The minimum Gasteiger partial charge on any atom is -0.497 e. The summed E-state index contributed by atoms with van der Waals surface area (Å²) in [6.45, 7) is 0.632. The fraction of sp³-hybridized carbons (Fsp3) is 0.200. The van der Waals surface area contributed by atoms with Crippen molar-refractivity contribution in [1.82, 2.24) is 9.97 Å². The first-order valence-corrected chi connectivity index (χ1v) is 8.31. The molecule has 0 atom stereocenters. The van der Waals surface area contributed by atoms with Gasteiger partial charge in [-0.3, -0.25) is 0 Å². The Morgan fingerprint density at radius 1 is 1.10 bits per heavy atom. The highest BCUT2D eigenvalue weighted by atomic mass is 32.2. The van der Waals surface area contributed by atoms with Gasteiger partial charge >= 0.3 is 0 Å². The number of nitrogens with zero attached hydrogens (tertiary/aromatic N) is 2. The second-order valence-electron chi connectivity index (χ2n) is 4.19. The van der Waals surface area contributed by atoms with Crippen molar-refractivity contribution in [3.8, 4) is 11.5 Å². The lowest BCUT2D eigenvalue weighted by Crippen LogP contribution is -2.00. The Hall–Kier alpha value is -1.79. The fourth-order valence-corrected chi connectivity index (χ4v) is 3.45. The number of thiophene rings is 1. The molecule has 3 rings (SSSR count). The first kappa shape index (κ1) is 14.2. The van der Waals surface area contributed by atoms with Crippen molar-refractivity contribution >= 4 is 33.3 Å². The molecule has 0 spiro atoms. The third-order valence-corrected chi connectivity index (χ3v) is 4.67. The standard InChI is InChI=1S/C15H14N2O2S2/c1-18-11-2-4-12(5-3-11)19-7-9-21-15-13-6-8-20-14(13)16-10-17-15/h2-6,8,10H,7,9H2,1H3. The van der Waals surface area contributed by atoms with Gasteiger partial charge in [0.15, 0.2) is 0 Å². The molecule has 3 aromatic rings. The zero-order valence-corrected chi connectivity index (χ0v) is 13.1. The number of aromatic nitrogens is 2. The number of hydrogen-bond donors (Lipinski definition) is 0. The predicted octanol–water partition coefficient (Wildman–Crippen LogP) is 3.87. The molecule has 0 aliphatic heterocycles. The molecular weight excluding hydrogens is 304 g/mol. The zero-order chi connectivity index (χ0) is 14.5. The molecule has 0 amide bonds. The van der Waals surface area contributed by atoms with E-state index in [0.717, 1.165) is 32.5 Å². The average molecular weight is 318 g/mol. The highest BCUT2D eigenvalue weighted by molar-refractivity contribution is 7.99. The van der Waals surface area contributed by atoms with Gasteiger partial charge in [-0.1, -0.05) is 0 Å². The van der Waals surface area contributed by atoms with E-state index >= 15 is 0 Å². The van der Waals surface area contributed by atoms with Crippen LogP contribution < -0.4 is 9.47 Å². The van der Waals surface area contributed by atoms with Crippen molar-refractivity contribution in [3.63, 3.8) is 0 Å². The summed E-state index contributed by atoms with van der Waals surface area (Å²) in [5, 5.41) is 4.17.